The summed E-state index contributed by atoms with van der Waals surface area (Å²) in [4.78, 5) is 3.19. The number of aromatic amines is 1. The van der Waals surface area contributed by atoms with Gasteiger partial charge in [0.2, 0.25) is 0 Å². The Morgan fingerprint density at radius 1 is 1.35 bits per heavy atom. The van der Waals surface area contributed by atoms with Gasteiger partial charge in [-0.05, 0) is 44.3 Å². The zero-order chi connectivity index (χ0) is 14.4. The van der Waals surface area contributed by atoms with Crippen LogP contribution in [0.5, 0.6) is 0 Å². The SMILES string of the molecule is CCn1nc(C)c2[nH]c(=S)n(-c3ccc(Cl)cc3Cl)c21. The largest absolute Gasteiger partial charge is 0.327 e. The number of benzene rings is 1. The number of nitrogens with zero attached hydrogens (tertiary/aromatic N) is 3. The van der Waals surface area contributed by atoms with Gasteiger partial charge in [0.05, 0.1) is 16.4 Å². The van der Waals surface area contributed by atoms with Gasteiger partial charge < -0.3 is 4.98 Å². The molecular formula is C13H12Cl2N4S. The first kappa shape index (κ1) is 13.7. The number of aromatic nitrogens is 4. The van der Waals surface area contributed by atoms with Gasteiger partial charge in [0.15, 0.2) is 10.4 Å². The molecular weight excluding hydrogens is 315 g/mol. The average molecular weight is 327 g/mol. The number of imidazole rings is 1. The van der Waals surface area contributed by atoms with Crippen molar-refractivity contribution in [1.82, 2.24) is 19.3 Å². The number of hydrogen-bond acceptors (Lipinski definition) is 2. The fourth-order valence-corrected chi connectivity index (χ4v) is 3.09. The molecule has 0 spiro atoms. The Morgan fingerprint density at radius 3 is 2.75 bits per heavy atom. The van der Waals surface area contributed by atoms with Gasteiger partial charge in [-0.15, -0.1) is 0 Å². The van der Waals surface area contributed by atoms with Crippen LogP contribution in [0.15, 0.2) is 18.2 Å². The smallest absolute Gasteiger partial charge is 0.184 e. The van der Waals surface area contributed by atoms with Crippen LogP contribution >= 0.6 is 35.4 Å². The van der Waals surface area contributed by atoms with Crippen LogP contribution in [0.25, 0.3) is 16.9 Å². The van der Waals surface area contributed by atoms with E-state index in [1.807, 2.05) is 29.2 Å². The predicted octanol–water partition coefficient (Wildman–Crippen LogP) is 4.52. The third kappa shape index (κ3) is 1.97. The lowest BCUT2D eigenvalue weighted by molar-refractivity contribution is 0.662. The summed E-state index contributed by atoms with van der Waals surface area (Å²) >= 11 is 17.7. The first-order valence-corrected chi connectivity index (χ1v) is 7.33. The molecule has 20 heavy (non-hydrogen) atoms. The Kier molecular flexibility index (Phi) is 3.36. The third-order valence-electron chi connectivity index (χ3n) is 3.20. The topological polar surface area (TPSA) is 38.5 Å². The van der Waals surface area contributed by atoms with Gasteiger partial charge in [0, 0.05) is 11.6 Å². The molecule has 0 aliphatic rings. The normalized spacial score (nSPS) is 11.4. The molecule has 2 aromatic heterocycles. The number of H-pyrrole nitrogens is 1. The molecule has 0 saturated carbocycles. The maximum Gasteiger partial charge on any atom is 0.184 e. The molecule has 0 amide bonds. The first-order chi connectivity index (χ1) is 9.52. The second kappa shape index (κ2) is 4.91. The zero-order valence-corrected chi connectivity index (χ0v) is 13.3. The van der Waals surface area contributed by atoms with Crippen molar-refractivity contribution in [3.63, 3.8) is 0 Å². The Hall–Kier alpha value is -1.30. The van der Waals surface area contributed by atoms with Crippen molar-refractivity contribution in [3.8, 4) is 5.69 Å². The summed E-state index contributed by atoms with van der Waals surface area (Å²) in [6.07, 6.45) is 0. The minimum atomic E-state index is 0.552. The van der Waals surface area contributed by atoms with E-state index in [-0.39, 0.29) is 0 Å². The molecule has 0 bridgehead atoms. The van der Waals surface area contributed by atoms with Gasteiger partial charge in [0.25, 0.3) is 0 Å². The minimum Gasteiger partial charge on any atom is -0.327 e. The second-order valence-corrected chi connectivity index (χ2v) is 5.69. The molecule has 104 valence electrons. The summed E-state index contributed by atoms with van der Waals surface area (Å²) in [7, 11) is 0. The first-order valence-electron chi connectivity index (χ1n) is 6.16. The quantitative estimate of drug-likeness (QED) is 0.703. The lowest BCUT2D eigenvalue weighted by Gasteiger charge is -2.08. The van der Waals surface area contributed by atoms with E-state index in [2.05, 4.69) is 10.1 Å². The molecule has 0 aliphatic carbocycles. The predicted molar refractivity (Wildman–Crippen MR) is 84.7 cm³/mol. The maximum absolute atomic E-state index is 6.30. The molecule has 0 aliphatic heterocycles. The van der Waals surface area contributed by atoms with Crippen LogP contribution in [0.3, 0.4) is 0 Å². The number of rotatable bonds is 2. The van der Waals surface area contributed by atoms with E-state index in [9.17, 15) is 0 Å². The molecule has 3 rings (SSSR count). The van der Waals surface area contributed by atoms with Crippen LogP contribution in [-0.4, -0.2) is 19.3 Å². The van der Waals surface area contributed by atoms with Crippen LogP contribution in [0.4, 0.5) is 0 Å². The highest BCUT2D eigenvalue weighted by Gasteiger charge is 2.16. The molecule has 1 aromatic carbocycles. The summed E-state index contributed by atoms with van der Waals surface area (Å²) < 4.78 is 4.39. The van der Waals surface area contributed by atoms with E-state index in [1.165, 1.54) is 0 Å². The summed E-state index contributed by atoms with van der Waals surface area (Å²) in [5.74, 6) is 0. The average Bonchev–Trinajstić information content (AvgIpc) is 2.88. The van der Waals surface area contributed by atoms with Crippen LogP contribution in [0, 0.1) is 11.7 Å². The molecule has 1 N–H and O–H groups in total. The number of hydrogen-bond donors (Lipinski definition) is 1. The molecule has 0 atom stereocenters. The van der Waals surface area contributed by atoms with Crippen molar-refractivity contribution in [1.29, 1.82) is 0 Å². The van der Waals surface area contributed by atoms with E-state index >= 15 is 0 Å². The third-order valence-corrected chi connectivity index (χ3v) is 4.02. The van der Waals surface area contributed by atoms with Crippen molar-refractivity contribution >= 4 is 46.6 Å². The van der Waals surface area contributed by atoms with Gasteiger partial charge in [-0.3, -0.25) is 4.57 Å². The van der Waals surface area contributed by atoms with E-state index in [1.54, 1.807) is 12.1 Å². The van der Waals surface area contributed by atoms with Crippen molar-refractivity contribution in [3.05, 3.63) is 38.7 Å². The van der Waals surface area contributed by atoms with Gasteiger partial charge in [-0.25, -0.2) is 4.68 Å². The summed E-state index contributed by atoms with van der Waals surface area (Å²) in [6, 6.07) is 5.36. The van der Waals surface area contributed by atoms with E-state index < -0.39 is 0 Å². The van der Waals surface area contributed by atoms with Crippen LogP contribution in [0.1, 0.15) is 12.6 Å². The fourth-order valence-electron chi connectivity index (χ4n) is 2.31. The van der Waals surface area contributed by atoms with Crippen LogP contribution in [0.2, 0.25) is 10.0 Å². The highest BCUT2D eigenvalue weighted by Crippen LogP contribution is 2.28. The fraction of sp³-hybridized carbons (Fsp3) is 0.231. The number of aryl methyl sites for hydroxylation is 2. The zero-order valence-electron chi connectivity index (χ0n) is 10.9. The van der Waals surface area contributed by atoms with Crippen LogP contribution in [-0.2, 0) is 6.54 Å². The van der Waals surface area contributed by atoms with Crippen LogP contribution < -0.4 is 0 Å². The van der Waals surface area contributed by atoms with Crippen molar-refractivity contribution < 1.29 is 0 Å². The molecule has 3 aromatic rings. The monoisotopic (exact) mass is 326 g/mol. The molecule has 0 unspecified atom stereocenters. The Labute approximate surface area is 130 Å². The van der Waals surface area contributed by atoms with Crippen molar-refractivity contribution in [2.45, 2.75) is 20.4 Å². The Morgan fingerprint density at radius 2 is 2.10 bits per heavy atom. The summed E-state index contributed by atoms with van der Waals surface area (Å²) in [6.45, 7) is 4.74. The van der Waals surface area contributed by atoms with Gasteiger partial charge >= 0.3 is 0 Å². The minimum absolute atomic E-state index is 0.552. The highest BCUT2D eigenvalue weighted by atomic mass is 35.5. The summed E-state index contributed by atoms with van der Waals surface area (Å²) in [5.41, 5.74) is 3.56. The number of nitrogens with one attached hydrogen (secondary N) is 1. The maximum atomic E-state index is 6.30. The van der Waals surface area contributed by atoms with Crippen molar-refractivity contribution in [2.75, 3.05) is 0 Å². The van der Waals surface area contributed by atoms with Gasteiger partial charge in [-0.2, -0.15) is 5.10 Å². The second-order valence-electron chi connectivity index (χ2n) is 4.46. The standard InChI is InChI=1S/C13H12Cl2N4S/c1-3-18-12-11(7(2)17-18)16-13(20)19(12)10-5-4-8(14)6-9(10)15/h4-6H,3H2,1-2H3,(H,16,20). The molecule has 4 nitrogen and oxygen atoms in total. The Bertz CT molecular complexity index is 859. The molecule has 0 fully saturated rings. The number of halogens is 2. The van der Waals surface area contributed by atoms with E-state index in [0.717, 1.165) is 29.1 Å². The molecule has 7 heteroatoms. The van der Waals surface area contributed by atoms with E-state index in [4.69, 9.17) is 35.4 Å². The lowest BCUT2D eigenvalue weighted by Crippen LogP contribution is -2.04. The van der Waals surface area contributed by atoms with Gasteiger partial charge in [-0.1, -0.05) is 23.2 Å². The van der Waals surface area contributed by atoms with Crippen molar-refractivity contribution in [2.24, 2.45) is 0 Å². The molecule has 0 radical (unpaired) electrons. The molecule has 0 saturated heterocycles. The highest BCUT2D eigenvalue weighted by molar-refractivity contribution is 7.71. The number of fused-ring (bicyclic) bond motifs is 1. The Balaban J connectivity index is 2.41. The van der Waals surface area contributed by atoms with Gasteiger partial charge in [0.1, 0.15) is 5.52 Å². The molecule has 2 heterocycles. The lowest BCUT2D eigenvalue weighted by atomic mass is 10.3. The van der Waals surface area contributed by atoms with E-state index in [0.29, 0.717) is 14.8 Å². The summed E-state index contributed by atoms with van der Waals surface area (Å²) in [5, 5.41) is 5.64.